The van der Waals surface area contributed by atoms with Crippen molar-refractivity contribution >= 4 is 11.8 Å². The molecule has 1 N–H and O–H groups in total. The molecule has 1 saturated heterocycles. The maximum absolute atomic E-state index is 5.95. The van der Waals surface area contributed by atoms with Crippen molar-refractivity contribution in [3.8, 4) is 0 Å². The van der Waals surface area contributed by atoms with Gasteiger partial charge in [0.25, 0.3) is 0 Å². The molecule has 2 aliphatic rings. The van der Waals surface area contributed by atoms with Crippen LogP contribution in [0.3, 0.4) is 0 Å². The fourth-order valence-corrected chi connectivity index (χ4v) is 3.78. The number of rotatable bonds is 5. The zero-order chi connectivity index (χ0) is 11.1. The minimum atomic E-state index is 0.558. The van der Waals surface area contributed by atoms with Gasteiger partial charge in [-0.15, -0.1) is 0 Å². The second-order valence-corrected chi connectivity index (χ2v) is 6.15. The Kier molecular flexibility index (Phi) is 6.02. The largest absolute Gasteiger partial charge is 0.377 e. The summed E-state index contributed by atoms with van der Waals surface area (Å²) in [7, 11) is 0. The predicted octanol–water partition coefficient (Wildman–Crippen LogP) is 2.82. The molecule has 0 bridgehead atoms. The summed E-state index contributed by atoms with van der Waals surface area (Å²) < 4.78 is 5.95. The van der Waals surface area contributed by atoms with Crippen molar-refractivity contribution in [3.05, 3.63) is 0 Å². The van der Waals surface area contributed by atoms with Gasteiger partial charge in [0.2, 0.25) is 0 Å². The molecule has 1 aliphatic carbocycles. The molecule has 0 radical (unpaired) electrons. The molecule has 1 saturated carbocycles. The molecule has 1 heterocycles. The zero-order valence-electron chi connectivity index (χ0n) is 10.2. The van der Waals surface area contributed by atoms with E-state index in [0.29, 0.717) is 6.10 Å². The number of ether oxygens (including phenoxy) is 1. The molecule has 1 unspecified atom stereocenters. The molecule has 1 aliphatic heterocycles. The van der Waals surface area contributed by atoms with Crippen LogP contribution in [0, 0.1) is 0 Å². The molecule has 0 aromatic heterocycles. The molecule has 0 aromatic carbocycles. The summed E-state index contributed by atoms with van der Waals surface area (Å²) in [4.78, 5) is 0. The summed E-state index contributed by atoms with van der Waals surface area (Å²) in [5.41, 5.74) is 0. The van der Waals surface area contributed by atoms with Crippen LogP contribution in [0.1, 0.15) is 44.9 Å². The van der Waals surface area contributed by atoms with Crippen LogP contribution < -0.4 is 5.32 Å². The van der Waals surface area contributed by atoms with Crippen molar-refractivity contribution in [2.24, 2.45) is 0 Å². The van der Waals surface area contributed by atoms with Crippen LogP contribution >= 0.6 is 11.8 Å². The van der Waals surface area contributed by atoms with E-state index in [-0.39, 0.29) is 0 Å². The molecule has 2 rings (SSSR count). The van der Waals surface area contributed by atoms with E-state index >= 15 is 0 Å². The topological polar surface area (TPSA) is 21.3 Å². The minimum Gasteiger partial charge on any atom is -0.377 e. The highest BCUT2D eigenvalue weighted by Crippen LogP contribution is 2.20. The smallest absolute Gasteiger partial charge is 0.0594 e. The lowest BCUT2D eigenvalue weighted by Gasteiger charge is -2.17. The molecule has 0 aromatic rings. The number of thioether (sulfide) groups is 1. The van der Waals surface area contributed by atoms with Gasteiger partial charge in [-0.2, -0.15) is 11.8 Å². The molecule has 16 heavy (non-hydrogen) atoms. The summed E-state index contributed by atoms with van der Waals surface area (Å²) in [5.74, 6) is 2.63. The minimum absolute atomic E-state index is 0.558. The zero-order valence-corrected chi connectivity index (χ0v) is 11.1. The normalized spacial score (nSPS) is 28.1. The van der Waals surface area contributed by atoms with E-state index in [2.05, 4.69) is 17.1 Å². The van der Waals surface area contributed by atoms with Gasteiger partial charge in [-0.05, 0) is 25.0 Å². The van der Waals surface area contributed by atoms with E-state index in [1.54, 1.807) is 0 Å². The van der Waals surface area contributed by atoms with Crippen molar-refractivity contribution < 1.29 is 4.74 Å². The van der Waals surface area contributed by atoms with E-state index in [0.717, 1.165) is 19.2 Å². The van der Waals surface area contributed by atoms with E-state index < -0.39 is 0 Å². The van der Waals surface area contributed by atoms with Crippen LogP contribution in [-0.4, -0.2) is 36.8 Å². The van der Waals surface area contributed by atoms with Crippen LogP contribution in [0.2, 0.25) is 0 Å². The Morgan fingerprint density at radius 3 is 2.56 bits per heavy atom. The highest BCUT2D eigenvalue weighted by atomic mass is 32.2. The average Bonchev–Trinajstić information content (AvgIpc) is 2.68. The van der Waals surface area contributed by atoms with E-state index in [4.69, 9.17) is 4.74 Å². The van der Waals surface area contributed by atoms with Gasteiger partial charge >= 0.3 is 0 Å². The third kappa shape index (κ3) is 4.64. The Labute approximate surface area is 104 Å². The van der Waals surface area contributed by atoms with Crippen molar-refractivity contribution in [1.29, 1.82) is 0 Å². The fraction of sp³-hybridized carbons (Fsp3) is 1.00. The van der Waals surface area contributed by atoms with Gasteiger partial charge in [0.1, 0.15) is 0 Å². The maximum atomic E-state index is 5.95. The molecule has 94 valence electrons. The van der Waals surface area contributed by atoms with Crippen molar-refractivity contribution in [2.45, 2.75) is 57.1 Å². The van der Waals surface area contributed by atoms with Crippen molar-refractivity contribution in [1.82, 2.24) is 5.32 Å². The molecule has 2 nitrogen and oxygen atoms in total. The van der Waals surface area contributed by atoms with Crippen LogP contribution in [0.15, 0.2) is 0 Å². The van der Waals surface area contributed by atoms with Crippen LogP contribution in [-0.2, 0) is 4.74 Å². The highest BCUT2D eigenvalue weighted by molar-refractivity contribution is 7.99. The quantitative estimate of drug-likeness (QED) is 0.592. The van der Waals surface area contributed by atoms with Gasteiger partial charge in [0.05, 0.1) is 12.7 Å². The lowest BCUT2D eigenvalue weighted by molar-refractivity contribution is 0.0443. The Hall–Kier alpha value is 0.270. The maximum Gasteiger partial charge on any atom is 0.0594 e. The van der Waals surface area contributed by atoms with Crippen molar-refractivity contribution in [2.75, 3.05) is 24.7 Å². The summed E-state index contributed by atoms with van der Waals surface area (Å²) in [6, 6.07) is 0.753. The summed E-state index contributed by atoms with van der Waals surface area (Å²) in [5, 5.41) is 3.59. The lowest BCUT2D eigenvalue weighted by Crippen LogP contribution is -2.32. The first kappa shape index (κ1) is 12.7. The summed E-state index contributed by atoms with van der Waals surface area (Å²) >= 11 is 2.07. The predicted molar refractivity (Wildman–Crippen MR) is 71.2 cm³/mol. The van der Waals surface area contributed by atoms with Crippen molar-refractivity contribution in [3.63, 3.8) is 0 Å². The second kappa shape index (κ2) is 7.57. The van der Waals surface area contributed by atoms with Gasteiger partial charge in [-0.25, -0.2) is 0 Å². The number of nitrogens with one attached hydrogen (secondary N) is 1. The molecule has 2 fully saturated rings. The molecular weight excluding hydrogens is 218 g/mol. The van der Waals surface area contributed by atoms with Crippen LogP contribution in [0.4, 0.5) is 0 Å². The Bertz CT molecular complexity index is 175. The SMILES string of the molecule is C1CCCC(OCCNC2CCSC2)CC1. The van der Waals surface area contributed by atoms with Crippen LogP contribution in [0.25, 0.3) is 0 Å². The Morgan fingerprint density at radius 1 is 1.06 bits per heavy atom. The molecular formula is C13H25NOS. The number of hydrogen-bond acceptors (Lipinski definition) is 3. The van der Waals surface area contributed by atoms with Gasteiger partial charge in [0, 0.05) is 18.3 Å². The molecule has 0 amide bonds. The van der Waals surface area contributed by atoms with Gasteiger partial charge in [0.15, 0.2) is 0 Å². The number of hydrogen-bond donors (Lipinski definition) is 1. The van der Waals surface area contributed by atoms with E-state index in [9.17, 15) is 0 Å². The Morgan fingerprint density at radius 2 is 1.88 bits per heavy atom. The first-order chi connectivity index (χ1) is 7.95. The summed E-state index contributed by atoms with van der Waals surface area (Å²) in [6.07, 6.45) is 10.1. The fourth-order valence-electron chi connectivity index (χ4n) is 2.59. The monoisotopic (exact) mass is 243 g/mol. The molecule has 0 spiro atoms. The first-order valence-electron chi connectivity index (χ1n) is 6.88. The molecule has 3 heteroatoms. The average molecular weight is 243 g/mol. The third-order valence-corrected chi connectivity index (χ3v) is 4.78. The highest BCUT2D eigenvalue weighted by Gasteiger charge is 2.15. The standard InChI is InChI=1S/C13H25NOS/c1-2-4-6-13(5-3-1)15-9-8-14-12-7-10-16-11-12/h12-14H,1-11H2. The molecule has 1 atom stereocenters. The van der Waals surface area contributed by atoms with Gasteiger partial charge in [-0.1, -0.05) is 25.7 Å². The van der Waals surface area contributed by atoms with Gasteiger partial charge in [-0.3, -0.25) is 0 Å². The third-order valence-electron chi connectivity index (χ3n) is 3.62. The lowest BCUT2D eigenvalue weighted by atomic mass is 10.1. The second-order valence-electron chi connectivity index (χ2n) is 5.00. The van der Waals surface area contributed by atoms with E-state index in [1.165, 1.54) is 56.5 Å². The Balaban J connectivity index is 1.49. The van der Waals surface area contributed by atoms with Gasteiger partial charge < -0.3 is 10.1 Å². The summed E-state index contributed by atoms with van der Waals surface area (Å²) in [6.45, 7) is 1.95. The van der Waals surface area contributed by atoms with E-state index in [1.807, 2.05) is 0 Å². The van der Waals surface area contributed by atoms with Crippen LogP contribution in [0.5, 0.6) is 0 Å². The first-order valence-corrected chi connectivity index (χ1v) is 8.03.